The molecule has 6 nitrogen and oxygen atoms in total. The predicted molar refractivity (Wildman–Crippen MR) is 101 cm³/mol. The first kappa shape index (κ1) is 16.6. The second-order valence-corrected chi connectivity index (χ2v) is 7.69. The zero-order chi connectivity index (χ0) is 16.9. The normalized spacial score (nSPS) is 19.2. The third-order valence-corrected chi connectivity index (χ3v) is 5.88. The summed E-state index contributed by atoms with van der Waals surface area (Å²) in [5.74, 6) is 2.27. The van der Waals surface area contributed by atoms with Gasteiger partial charge >= 0.3 is 0 Å². The van der Waals surface area contributed by atoms with E-state index >= 15 is 0 Å². The van der Waals surface area contributed by atoms with Crippen LogP contribution in [0, 0.1) is 5.92 Å². The van der Waals surface area contributed by atoms with Gasteiger partial charge in [0, 0.05) is 37.8 Å². The fraction of sp³-hybridized carbons (Fsp3) is 0.611. The fourth-order valence-corrected chi connectivity index (χ4v) is 4.35. The number of hydrogen-bond donors (Lipinski definition) is 0. The summed E-state index contributed by atoms with van der Waals surface area (Å²) in [4.78, 5) is 18.1. The van der Waals surface area contributed by atoms with Gasteiger partial charge in [-0.1, -0.05) is 12.8 Å². The van der Waals surface area contributed by atoms with Gasteiger partial charge in [-0.15, -0.1) is 11.3 Å². The van der Waals surface area contributed by atoms with Crippen molar-refractivity contribution in [3.05, 3.63) is 24.0 Å². The van der Waals surface area contributed by atoms with Crippen molar-refractivity contribution in [3.8, 4) is 5.88 Å². The molecule has 7 heteroatoms. The van der Waals surface area contributed by atoms with Crippen molar-refractivity contribution in [2.75, 3.05) is 42.6 Å². The van der Waals surface area contributed by atoms with Gasteiger partial charge in [-0.3, -0.25) is 4.98 Å². The van der Waals surface area contributed by atoms with Crippen molar-refractivity contribution in [1.29, 1.82) is 0 Å². The topological polar surface area (TPSA) is 54.4 Å². The molecule has 25 heavy (non-hydrogen) atoms. The summed E-state index contributed by atoms with van der Waals surface area (Å²) in [6.45, 7) is 4.69. The van der Waals surface area contributed by atoms with Crippen molar-refractivity contribution >= 4 is 22.3 Å². The summed E-state index contributed by atoms with van der Waals surface area (Å²) in [5, 5.41) is 3.15. The van der Waals surface area contributed by atoms with E-state index in [1.807, 2.05) is 17.8 Å². The van der Waals surface area contributed by atoms with Gasteiger partial charge in [-0.05, 0) is 25.2 Å². The molecule has 2 aromatic heterocycles. The van der Waals surface area contributed by atoms with E-state index in [0.29, 0.717) is 11.8 Å². The molecular weight excluding hydrogens is 334 g/mol. The molecule has 134 valence electrons. The number of aromatic nitrogens is 3. The zero-order valence-electron chi connectivity index (χ0n) is 14.5. The summed E-state index contributed by atoms with van der Waals surface area (Å²) >= 11 is 1.71. The molecule has 1 saturated carbocycles. The molecule has 0 amide bonds. The number of anilines is 2. The lowest BCUT2D eigenvalue weighted by molar-refractivity contribution is 0.242. The summed E-state index contributed by atoms with van der Waals surface area (Å²) in [7, 11) is 0. The third kappa shape index (κ3) is 4.21. The van der Waals surface area contributed by atoms with Crippen LogP contribution in [0.15, 0.2) is 24.0 Å². The van der Waals surface area contributed by atoms with Crippen molar-refractivity contribution in [3.63, 3.8) is 0 Å². The maximum Gasteiger partial charge on any atom is 0.234 e. The minimum absolute atomic E-state index is 0.658. The SMILES string of the molecule is c1csc(N2CCCN(c3cncc(OCC4CCCC4)n3)CC2)n1. The molecule has 2 aromatic rings. The van der Waals surface area contributed by atoms with E-state index in [-0.39, 0.29) is 0 Å². The Kier molecular flexibility index (Phi) is 5.30. The molecule has 4 rings (SSSR count). The van der Waals surface area contributed by atoms with Gasteiger partial charge in [0.05, 0.1) is 19.0 Å². The van der Waals surface area contributed by atoms with E-state index in [4.69, 9.17) is 9.72 Å². The highest BCUT2D eigenvalue weighted by atomic mass is 32.1. The van der Waals surface area contributed by atoms with Crippen LogP contribution in [0.1, 0.15) is 32.1 Å². The highest BCUT2D eigenvalue weighted by Gasteiger charge is 2.19. The van der Waals surface area contributed by atoms with Crippen molar-refractivity contribution in [1.82, 2.24) is 15.0 Å². The molecule has 1 aliphatic heterocycles. The molecule has 0 radical (unpaired) electrons. The van der Waals surface area contributed by atoms with Gasteiger partial charge in [0.15, 0.2) is 10.9 Å². The Morgan fingerprint density at radius 3 is 2.72 bits per heavy atom. The van der Waals surface area contributed by atoms with E-state index < -0.39 is 0 Å². The summed E-state index contributed by atoms with van der Waals surface area (Å²) < 4.78 is 5.91. The smallest absolute Gasteiger partial charge is 0.234 e. The second-order valence-electron chi connectivity index (χ2n) is 6.82. The predicted octanol–water partition coefficient (Wildman–Crippen LogP) is 3.22. The van der Waals surface area contributed by atoms with Crippen LogP contribution in [0.4, 0.5) is 10.9 Å². The van der Waals surface area contributed by atoms with E-state index in [9.17, 15) is 0 Å². The molecule has 3 heterocycles. The minimum Gasteiger partial charge on any atom is -0.476 e. The molecule has 0 N–H and O–H groups in total. The lowest BCUT2D eigenvalue weighted by Gasteiger charge is -2.22. The van der Waals surface area contributed by atoms with Crippen LogP contribution in [0.5, 0.6) is 5.88 Å². The maximum absolute atomic E-state index is 5.91. The Labute approximate surface area is 152 Å². The summed E-state index contributed by atoms with van der Waals surface area (Å²) in [6, 6.07) is 0. The van der Waals surface area contributed by atoms with E-state index in [1.54, 1.807) is 17.5 Å². The third-order valence-electron chi connectivity index (χ3n) is 5.05. The first-order valence-corrected chi connectivity index (χ1v) is 10.1. The average Bonchev–Trinajstić information content (AvgIpc) is 3.31. The van der Waals surface area contributed by atoms with Crippen molar-refractivity contribution in [2.45, 2.75) is 32.1 Å². The molecule has 0 atom stereocenters. The Hall–Kier alpha value is -1.89. The Morgan fingerprint density at radius 2 is 1.88 bits per heavy atom. The summed E-state index contributed by atoms with van der Waals surface area (Å²) in [6.07, 6.45) is 11.8. The lowest BCUT2D eigenvalue weighted by atomic mass is 10.1. The molecular formula is C18H25N5OS. The van der Waals surface area contributed by atoms with Gasteiger partial charge < -0.3 is 14.5 Å². The van der Waals surface area contributed by atoms with E-state index in [0.717, 1.165) is 50.2 Å². The number of ether oxygens (including phenoxy) is 1. The number of hydrogen-bond acceptors (Lipinski definition) is 7. The van der Waals surface area contributed by atoms with Gasteiger partial charge in [0.25, 0.3) is 0 Å². The molecule has 2 aliphatic rings. The molecule has 0 spiro atoms. The first-order chi connectivity index (χ1) is 12.4. The number of rotatable bonds is 5. The minimum atomic E-state index is 0.658. The quantitative estimate of drug-likeness (QED) is 0.817. The largest absolute Gasteiger partial charge is 0.476 e. The average molecular weight is 359 g/mol. The van der Waals surface area contributed by atoms with Gasteiger partial charge in [-0.2, -0.15) is 4.98 Å². The molecule has 1 saturated heterocycles. The standard InChI is InChI=1S/C18H25N5OS/c1-2-5-15(4-1)14-24-17-13-19-12-16(21-17)22-7-3-8-23(10-9-22)18-20-6-11-25-18/h6,11-13,15H,1-5,7-10,14H2. The van der Waals surface area contributed by atoms with Gasteiger partial charge in [-0.25, -0.2) is 4.98 Å². The van der Waals surface area contributed by atoms with Crippen LogP contribution in [0.3, 0.4) is 0 Å². The van der Waals surface area contributed by atoms with Crippen LogP contribution in [-0.4, -0.2) is 47.7 Å². The zero-order valence-corrected chi connectivity index (χ0v) is 15.3. The Bertz CT molecular complexity index is 659. The Balaban J connectivity index is 1.36. The van der Waals surface area contributed by atoms with Crippen LogP contribution < -0.4 is 14.5 Å². The monoisotopic (exact) mass is 359 g/mol. The molecule has 0 aromatic carbocycles. The van der Waals surface area contributed by atoms with Crippen molar-refractivity contribution in [2.24, 2.45) is 5.92 Å². The van der Waals surface area contributed by atoms with Crippen LogP contribution >= 0.6 is 11.3 Å². The molecule has 2 fully saturated rings. The number of thiazole rings is 1. The molecule has 1 aliphatic carbocycles. The maximum atomic E-state index is 5.91. The second kappa shape index (κ2) is 7.99. The van der Waals surface area contributed by atoms with Crippen LogP contribution in [0.25, 0.3) is 0 Å². The molecule has 0 bridgehead atoms. The fourth-order valence-electron chi connectivity index (χ4n) is 3.65. The van der Waals surface area contributed by atoms with Crippen LogP contribution in [0.2, 0.25) is 0 Å². The molecule has 0 unspecified atom stereocenters. The van der Waals surface area contributed by atoms with Crippen molar-refractivity contribution < 1.29 is 4.74 Å². The van der Waals surface area contributed by atoms with E-state index in [1.165, 1.54) is 25.7 Å². The summed E-state index contributed by atoms with van der Waals surface area (Å²) in [5.41, 5.74) is 0. The highest BCUT2D eigenvalue weighted by Crippen LogP contribution is 2.26. The van der Waals surface area contributed by atoms with Gasteiger partial charge in [0.2, 0.25) is 5.88 Å². The highest BCUT2D eigenvalue weighted by molar-refractivity contribution is 7.13. The Morgan fingerprint density at radius 1 is 1.04 bits per heavy atom. The number of nitrogens with zero attached hydrogens (tertiary/aromatic N) is 5. The van der Waals surface area contributed by atoms with E-state index in [2.05, 4.69) is 19.8 Å². The van der Waals surface area contributed by atoms with Gasteiger partial charge in [0.1, 0.15) is 0 Å². The lowest BCUT2D eigenvalue weighted by Crippen LogP contribution is -2.31. The first-order valence-electron chi connectivity index (χ1n) is 9.23. The van der Waals surface area contributed by atoms with Crippen LogP contribution in [-0.2, 0) is 0 Å².